The number of amides is 1. The highest BCUT2D eigenvalue weighted by Crippen LogP contribution is 2.30. The molecule has 0 bridgehead atoms. The number of anilines is 1. The summed E-state index contributed by atoms with van der Waals surface area (Å²) in [5, 5.41) is 5.71. The normalized spacial score (nSPS) is 10.8. The van der Waals surface area contributed by atoms with E-state index in [9.17, 15) is 4.79 Å². The number of thiazole rings is 1. The van der Waals surface area contributed by atoms with Crippen molar-refractivity contribution >= 4 is 44.6 Å². The lowest BCUT2D eigenvalue weighted by Gasteiger charge is -2.01. The van der Waals surface area contributed by atoms with Gasteiger partial charge in [-0.25, -0.2) is 15.0 Å². The summed E-state index contributed by atoms with van der Waals surface area (Å²) >= 11 is 2.80. The minimum absolute atomic E-state index is 0.224. The van der Waals surface area contributed by atoms with Crippen molar-refractivity contribution < 1.29 is 4.79 Å². The van der Waals surface area contributed by atoms with Crippen LogP contribution >= 0.6 is 22.7 Å². The SMILES string of the molecule is Cc1nc(CNC(=O)c2sc3nccnc3c2N)cs1. The maximum absolute atomic E-state index is 12.2. The molecule has 8 heteroatoms. The fraction of sp³-hybridized carbons (Fsp3) is 0.167. The molecule has 3 aromatic rings. The lowest BCUT2D eigenvalue weighted by molar-refractivity contribution is 0.0955. The van der Waals surface area contributed by atoms with Crippen LogP contribution in [0.1, 0.15) is 20.4 Å². The van der Waals surface area contributed by atoms with Gasteiger partial charge in [0.1, 0.15) is 15.2 Å². The predicted octanol–water partition coefficient (Wildman–Crippen LogP) is 1.97. The molecule has 0 saturated carbocycles. The Labute approximate surface area is 122 Å². The first-order chi connectivity index (χ1) is 9.65. The van der Waals surface area contributed by atoms with Crippen LogP contribution in [0.15, 0.2) is 17.8 Å². The molecule has 0 aromatic carbocycles. The number of nitrogens with two attached hydrogens (primary N) is 1. The van der Waals surface area contributed by atoms with Crippen LogP contribution in [0.5, 0.6) is 0 Å². The topological polar surface area (TPSA) is 93.8 Å². The van der Waals surface area contributed by atoms with Crippen molar-refractivity contribution in [1.82, 2.24) is 20.3 Å². The number of thiophene rings is 1. The van der Waals surface area contributed by atoms with Gasteiger partial charge in [0, 0.05) is 17.8 Å². The first-order valence-electron chi connectivity index (χ1n) is 5.83. The van der Waals surface area contributed by atoms with E-state index >= 15 is 0 Å². The molecular formula is C12H11N5OS2. The Morgan fingerprint density at radius 1 is 1.40 bits per heavy atom. The molecule has 0 atom stereocenters. The summed E-state index contributed by atoms with van der Waals surface area (Å²) in [5.41, 5.74) is 7.75. The minimum Gasteiger partial charge on any atom is -0.396 e. The van der Waals surface area contributed by atoms with Gasteiger partial charge in [-0.2, -0.15) is 0 Å². The zero-order valence-corrected chi connectivity index (χ0v) is 12.2. The van der Waals surface area contributed by atoms with Crippen LogP contribution in [0.2, 0.25) is 0 Å². The van der Waals surface area contributed by atoms with Gasteiger partial charge in [0.25, 0.3) is 5.91 Å². The second-order valence-corrected chi connectivity index (χ2v) is 6.16. The van der Waals surface area contributed by atoms with E-state index in [-0.39, 0.29) is 5.91 Å². The number of fused-ring (bicyclic) bond motifs is 1. The van der Waals surface area contributed by atoms with Gasteiger partial charge in [-0.3, -0.25) is 4.79 Å². The zero-order chi connectivity index (χ0) is 14.1. The van der Waals surface area contributed by atoms with E-state index in [2.05, 4.69) is 20.3 Å². The largest absolute Gasteiger partial charge is 0.396 e. The number of carbonyl (C=O) groups excluding carboxylic acids is 1. The quantitative estimate of drug-likeness (QED) is 0.771. The monoisotopic (exact) mass is 305 g/mol. The average Bonchev–Trinajstić information content (AvgIpc) is 3.01. The van der Waals surface area contributed by atoms with Crippen molar-refractivity contribution in [3.63, 3.8) is 0 Å². The summed E-state index contributed by atoms with van der Waals surface area (Å²) in [7, 11) is 0. The standard InChI is InChI=1S/C12H11N5OS2/c1-6-17-7(5-19-6)4-16-11(18)10-8(13)9-12(20-10)15-3-2-14-9/h2-3,5H,4,13H2,1H3,(H,16,18). The molecule has 0 spiro atoms. The molecule has 0 unspecified atom stereocenters. The molecule has 3 heterocycles. The smallest absolute Gasteiger partial charge is 0.263 e. The second-order valence-electron chi connectivity index (χ2n) is 4.10. The molecule has 1 amide bonds. The van der Waals surface area contributed by atoms with E-state index < -0.39 is 0 Å². The van der Waals surface area contributed by atoms with Crippen LogP contribution in [0.4, 0.5) is 5.69 Å². The number of hydrogen-bond donors (Lipinski definition) is 2. The molecule has 0 radical (unpaired) electrons. The van der Waals surface area contributed by atoms with Crippen LogP contribution in [0.25, 0.3) is 10.3 Å². The van der Waals surface area contributed by atoms with E-state index in [4.69, 9.17) is 5.73 Å². The predicted molar refractivity (Wildman–Crippen MR) is 79.8 cm³/mol. The third-order valence-corrected chi connectivity index (χ3v) is 4.59. The number of nitrogens with zero attached hydrogens (tertiary/aromatic N) is 3. The Kier molecular flexibility index (Phi) is 3.33. The Morgan fingerprint density at radius 2 is 2.20 bits per heavy atom. The number of rotatable bonds is 3. The van der Waals surface area contributed by atoms with Gasteiger partial charge in [-0.1, -0.05) is 0 Å². The summed E-state index contributed by atoms with van der Waals surface area (Å²) < 4.78 is 0. The summed E-state index contributed by atoms with van der Waals surface area (Å²) in [6.07, 6.45) is 3.14. The molecule has 102 valence electrons. The second kappa shape index (κ2) is 5.14. The number of aromatic nitrogens is 3. The van der Waals surface area contributed by atoms with Gasteiger partial charge in [-0.05, 0) is 6.92 Å². The van der Waals surface area contributed by atoms with Crippen LogP contribution in [0, 0.1) is 6.92 Å². The van der Waals surface area contributed by atoms with E-state index in [1.165, 1.54) is 11.3 Å². The van der Waals surface area contributed by atoms with E-state index in [0.29, 0.717) is 27.5 Å². The van der Waals surface area contributed by atoms with Gasteiger partial charge >= 0.3 is 0 Å². The number of hydrogen-bond acceptors (Lipinski definition) is 7. The molecule has 0 aliphatic heterocycles. The molecule has 0 saturated heterocycles. The van der Waals surface area contributed by atoms with Crippen LogP contribution in [-0.2, 0) is 6.54 Å². The zero-order valence-electron chi connectivity index (χ0n) is 10.6. The highest BCUT2D eigenvalue weighted by atomic mass is 32.1. The Morgan fingerprint density at radius 3 is 2.90 bits per heavy atom. The lowest BCUT2D eigenvalue weighted by Crippen LogP contribution is -2.22. The molecule has 0 fully saturated rings. The van der Waals surface area contributed by atoms with Gasteiger partial charge in [0.15, 0.2) is 0 Å². The van der Waals surface area contributed by atoms with Crippen LogP contribution in [0.3, 0.4) is 0 Å². The van der Waals surface area contributed by atoms with E-state index in [1.54, 1.807) is 23.7 Å². The minimum atomic E-state index is -0.224. The Balaban J connectivity index is 1.80. The number of aryl methyl sites for hydroxylation is 1. The summed E-state index contributed by atoms with van der Waals surface area (Å²) in [4.78, 5) is 25.8. The van der Waals surface area contributed by atoms with E-state index in [1.807, 2.05) is 12.3 Å². The van der Waals surface area contributed by atoms with Crippen molar-refractivity contribution in [2.24, 2.45) is 0 Å². The highest BCUT2D eigenvalue weighted by molar-refractivity contribution is 7.21. The Hall–Kier alpha value is -2.06. The molecule has 0 aliphatic rings. The van der Waals surface area contributed by atoms with Crippen molar-refractivity contribution in [1.29, 1.82) is 0 Å². The molecule has 3 aromatic heterocycles. The molecule has 20 heavy (non-hydrogen) atoms. The molecule has 3 rings (SSSR count). The maximum Gasteiger partial charge on any atom is 0.263 e. The Bertz CT molecular complexity index is 779. The summed E-state index contributed by atoms with van der Waals surface area (Å²) in [6, 6.07) is 0. The maximum atomic E-state index is 12.2. The molecular weight excluding hydrogens is 294 g/mol. The third-order valence-electron chi connectivity index (χ3n) is 2.67. The summed E-state index contributed by atoms with van der Waals surface area (Å²) in [5.74, 6) is -0.224. The highest BCUT2D eigenvalue weighted by Gasteiger charge is 2.17. The fourth-order valence-corrected chi connectivity index (χ4v) is 3.30. The van der Waals surface area contributed by atoms with E-state index in [0.717, 1.165) is 10.7 Å². The molecule has 6 nitrogen and oxygen atoms in total. The molecule has 3 N–H and O–H groups in total. The first kappa shape index (κ1) is 12.9. The third kappa shape index (κ3) is 2.35. The van der Waals surface area contributed by atoms with Crippen LogP contribution in [-0.4, -0.2) is 20.9 Å². The van der Waals surface area contributed by atoms with Gasteiger partial charge in [-0.15, -0.1) is 22.7 Å². The van der Waals surface area contributed by atoms with Gasteiger partial charge in [0.05, 0.1) is 22.9 Å². The van der Waals surface area contributed by atoms with Crippen molar-refractivity contribution in [2.45, 2.75) is 13.5 Å². The number of nitrogen functional groups attached to an aromatic ring is 1. The van der Waals surface area contributed by atoms with Gasteiger partial charge < -0.3 is 11.1 Å². The van der Waals surface area contributed by atoms with Crippen molar-refractivity contribution in [2.75, 3.05) is 5.73 Å². The first-order valence-corrected chi connectivity index (χ1v) is 7.53. The fourth-order valence-electron chi connectivity index (χ4n) is 1.75. The summed E-state index contributed by atoms with van der Waals surface area (Å²) in [6.45, 7) is 2.31. The lowest BCUT2D eigenvalue weighted by atomic mass is 10.3. The van der Waals surface area contributed by atoms with Gasteiger partial charge in [0.2, 0.25) is 0 Å². The number of nitrogens with one attached hydrogen (secondary N) is 1. The number of carbonyl (C=O) groups is 1. The molecule has 0 aliphatic carbocycles. The van der Waals surface area contributed by atoms with Crippen molar-refractivity contribution in [3.8, 4) is 0 Å². The van der Waals surface area contributed by atoms with Crippen molar-refractivity contribution in [3.05, 3.63) is 33.4 Å². The van der Waals surface area contributed by atoms with Crippen LogP contribution < -0.4 is 11.1 Å². The average molecular weight is 305 g/mol.